The van der Waals surface area contributed by atoms with Crippen LogP contribution in [0.3, 0.4) is 0 Å². The summed E-state index contributed by atoms with van der Waals surface area (Å²) in [7, 11) is 1.67. The lowest BCUT2D eigenvalue weighted by Crippen LogP contribution is -2.24. The van der Waals surface area contributed by atoms with E-state index in [4.69, 9.17) is 14.8 Å². The molecule has 0 saturated carbocycles. The number of nitrogens with zero attached hydrogens (tertiary/aromatic N) is 3. The summed E-state index contributed by atoms with van der Waals surface area (Å²) in [6, 6.07) is 5.97. The van der Waals surface area contributed by atoms with Crippen LogP contribution < -0.4 is 4.74 Å². The van der Waals surface area contributed by atoms with Gasteiger partial charge in [-0.25, -0.2) is 4.98 Å². The Hall–Kier alpha value is -1.59. The maximum Gasteiger partial charge on any atom is 0.124 e. The fourth-order valence-corrected chi connectivity index (χ4v) is 2.53. The minimum absolute atomic E-state index is 0.195. The van der Waals surface area contributed by atoms with E-state index < -0.39 is 0 Å². The fraction of sp³-hybridized carbons (Fsp3) is 0.562. The summed E-state index contributed by atoms with van der Waals surface area (Å²) in [5.74, 6) is 1.87. The van der Waals surface area contributed by atoms with Crippen molar-refractivity contribution < 1.29 is 9.84 Å². The molecule has 0 amide bonds. The van der Waals surface area contributed by atoms with E-state index >= 15 is 0 Å². The first-order chi connectivity index (χ1) is 10.2. The van der Waals surface area contributed by atoms with Gasteiger partial charge in [-0.15, -0.1) is 0 Å². The van der Waals surface area contributed by atoms with Gasteiger partial charge in [-0.05, 0) is 31.6 Å². The van der Waals surface area contributed by atoms with E-state index in [1.807, 2.05) is 18.2 Å². The van der Waals surface area contributed by atoms with Crippen LogP contribution >= 0.6 is 0 Å². The second-order valence-electron chi connectivity index (χ2n) is 5.07. The van der Waals surface area contributed by atoms with Crippen molar-refractivity contribution in [3.05, 3.63) is 24.0 Å². The molecule has 0 fully saturated rings. The van der Waals surface area contributed by atoms with Crippen LogP contribution in [0.15, 0.2) is 18.2 Å². The normalized spacial score (nSPS) is 11.5. The Balaban J connectivity index is 2.40. The molecule has 5 heteroatoms. The van der Waals surface area contributed by atoms with Crippen LogP contribution in [-0.4, -0.2) is 46.4 Å². The van der Waals surface area contributed by atoms with E-state index in [9.17, 15) is 0 Å². The van der Waals surface area contributed by atoms with E-state index in [1.165, 1.54) is 0 Å². The summed E-state index contributed by atoms with van der Waals surface area (Å²) in [5.41, 5.74) is 2.06. The summed E-state index contributed by atoms with van der Waals surface area (Å²) in [6.45, 7) is 8.14. The summed E-state index contributed by atoms with van der Waals surface area (Å²) >= 11 is 0. The first kappa shape index (κ1) is 15.8. The van der Waals surface area contributed by atoms with Gasteiger partial charge in [0.05, 0.1) is 24.7 Å². The van der Waals surface area contributed by atoms with E-state index in [2.05, 4.69) is 23.3 Å². The molecule has 0 unspecified atom stereocenters. The van der Waals surface area contributed by atoms with Gasteiger partial charge in [-0.1, -0.05) is 13.8 Å². The highest BCUT2D eigenvalue weighted by Gasteiger charge is 2.13. The SMILES string of the molecule is CCN(CC)Cc1nc2cc(OC)ccc2n1CCCO. The highest BCUT2D eigenvalue weighted by atomic mass is 16.5. The number of imidazole rings is 1. The Morgan fingerprint density at radius 2 is 2.05 bits per heavy atom. The number of methoxy groups -OCH3 is 1. The summed E-state index contributed by atoms with van der Waals surface area (Å²) < 4.78 is 7.49. The van der Waals surface area contributed by atoms with Gasteiger partial charge < -0.3 is 14.4 Å². The molecular weight excluding hydrogens is 266 g/mol. The van der Waals surface area contributed by atoms with E-state index in [-0.39, 0.29) is 6.61 Å². The number of aliphatic hydroxyl groups excluding tert-OH is 1. The van der Waals surface area contributed by atoms with Crippen molar-refractivity contribution in [1.82, 2.24) is 14.5 Å². The number of ether oxygens (including phenoxy) is 1. The lowest BCUT2D eigenvalue weighted by molar-refractivity contribution is 0.269. The van der Waals surface area contributed by atoms with E-state index in [0.717, 1.165) is 55.2 Å². The van der Waals surface area contributed by atoms with E-state index in [1.54, 1.807) is 7.11 Å². The van der Waals surface area contributed by atoms with Gasteiger partial charge in [0.1, 0.15) is 11.6 Å². The quantitative estimate of drug-likeness (QED) is 0.810. The predicted octanol–water partition coefficient (Wildman–Crippen LogP) is 2.27. The summed E-state index contributed by atoms with van der Waals surface area (Å²) in [5, 5.41) is 9.12. The maximum atomic E-state index is 9.12. The second kappa shape index (κ2) is 7.43. The Kier molecular flexibility index (Phi) is 5.59. The minimum atomic E-state index is 0.195. The molecule has 0 spiro atoms. The van der Waals surface area contributed by atoms with E-state index in [0.29, 0.717) is 0 Å². The molecule has 1 aromatic carbocycles. The molecule has 21 heavy (non-hydrogen) atoms. The fourth-order valence-electron chi connectivity index (χ4n) is 2.53. The van der Waals surface area contributed by atoms with Gasteiger partial charge >= 0.3 is 0 Å². The number of aryl methyl sites for hydroxylation is 1. The molecule has 0 radical (unpaired) electrons. The first-order valence-electron chi connectivity index (χ1n) is 7.59. The Bertz CT molecular complexity index is 576. The highest BCUT2D eigenvalue weighted by molar-refractivity contribution is 5.77. The molecule has 1 aromatic heterocycles. The van der Waals surface area contributed by atoms with Gasteiger partial charge in [0.2, 0.25) is 0 Å². The number of fused-ring (bicyclic) bond motifs is 1. The van der Waals surface area contributed by atoms with Gasteiger partial charge in [-0.3, -0.25) is 4.90 Å². The van der Waals surface area contributed by atoms with Crippen molar-refractivity contribution >= 4 is 11.0 Å². The van der Waals surface area contributed by atoms with Gasteiger partial charge in [0.25, 0.3) is 0 Å². The zero-order valence-corrected chi connectivity index (χ0v) is 13.2. The van der Waals surface area contributed by atoms with Crippen molar-refractivity contribution in [2.45, 2.75) is 33.4 Å². The third-order valence-electron chi connectivity index (χ3n) is 3.83. The van der Waals surface area contributed by atoms with Gasteiger partial charge in [0.15, 0.2) is 0 Å². The largest absolute Gasteiger partial charge is 0.497 e. The van der Waals surface area contributed by atoms with Crippen molar-refractivity contribution in [2.75, 3.05) is 26.8 Å². The number of aromatic nitrogens is 2. The Morgan fingerprint density at radius 3 is 2.67 bits per heavy atom. The predicted molar refractivity (Wildman–Crippen MR) is 84.6 cm³/mol. The molecule has 0 atom stereocenters. The van der Waals surface area contributed by atoms with Crippen molar-refractivity contribution in [2.24, 2.45) is 0 Å². The second-order valence-corrected chi connectivity index (χ2v) is 5.07. The number of benzene rings is 1. The molecule has 0 aliphatic carbocycles. The smallest absolute Gasteiger partial charge is 0.124 e. The molecule has 0 saturated heterocycles. The Labute approximate surface area is 126 Å². The zero-order valence-electron chi connectivity index (χ0n) is 13.2. The highest BCUT2D eigenvalue weighted by Crippen LogP contribution is 2.23. The van der Waals surface area contributed by atoms with Gasteiger partial charge in [-0.2, -0.15) is 0 Å². The van der Waals surface area contributed by atoms with Crippen LogP contribution in [0.5, 0.6) is 5.75 Å². The number of hydrogen-bond acceptors (Lipinski definition) is 4. The molecule has 2 aromatic rings. The van der Waals surface area contributed by atoms with Crippen LogP contribution in [-0.2, 0) is 13.1 Å². The van der Waals surface area contributed by atoms with Crippen molar-refractivity contribution in [3.63, 3.8) is 0 Å². The first-order valence-corrected chi connectivity index (χ1v) is 7.59. The molecule has 116 valence electrons. The molecule has 0 aliphatic rings. The molecule has 0 aliphatic heterocycles. The third kappa shape index (κ3) is 3.54. The number of rotatable bonds is 8. The average Bonchev–Trinajstić information content (AvgIpc) is 2.86. The lowest BCUT2D eigenvalue weighted by atomic mass is 10.3. The summed E-state index contributed by atoms with van der Waals surface area (Å²) in [4.78, 5) is 7.11. The van der Waals surface area contributed by atoms with Crippen LogP contribution in [0.4, 0.5) is 0 Å². The zero-order chi connectivity index (χ0) is 15.2. The number of hydrogen-bond donors (Lipinski definition) is 1. The Morgan fingerprint density at radius 1 is 1.29 bits per heavy atom. The molecular formula is C16H25N3O2. The molecule has 0 bridgehead atoms. The van der Waals surface area contributed by atoms with Crippen LogP contribution in [0.25, 0.3) is 11.0 Å². The van der Waals surface area contributed by atoms with Crippen LogP contribution in [0, 0.1) is 0 Å². The summed E-state index contributed by atoms with van der Waals surface area (Å²) in [6.07, 6.45) is 0.739. The topological polar surface area (TPSA) is 50.5 Å². The third-order valence-corrected chi connectivity index (χ3v) is 3.83. The molecule has 5 nitrogen and oxygen atoms in total. The molecule has 1 N–H and O–H groups in total. The van der Waals surface area contributed by atoms with Gasteiger partial charge in [0, 0.05) is 19.2 Å². The number of aliphatic hydroxyl groups is 1. The van der Waals surface area contributed by atoms with Crippen LogP contribution in [0.1, 0.15) is 26.1 Å². The standard InChI is InChI=1S/C16H25N3O2/c1-4-18(5-2)12-16-17-14-11-13(21-3)7-8-15(14)19(16)9-6-10-20/h7-8,11,20H,4-6,9-10,12H2,1-3H3. The van der Waals surface area contributed by atoms with Crippen molar-refractivity contribution in [3.8, 4) is 5.75 Å². The molecule has 2 rings (SSSR count). The monoisotopic (exact) mass is 291 g/mol. The minimum Gasteiger partial charge on any atom is -0.497 e. The maximum absolute atomic E-state index is 9.12. The lowest BCUT2D eigenvalue weighted by Gasteiger charge is -2.18. The average molecular weight is 291 g/mol. The van der Waals surface area contributed by atoms with Crippen molar-refractivity contribution in [1.29, 1.82) is 0 Å². The van der Waals surface area contributed by atoms with Crippen LogP contribution in [0.2, 0.25) is 0 Å². The molecule has 1 heterocycles.